The summed E-state index contributed by atoms with van der Waals surface area (Å²) in [6.07, 6.45) is 1.60. The van der Waals surface area contributed by atoms with E-state index in [9.17, 15) is 9.59 Å². The summed E-state index contributed by atoms with van der Waals surface area (Å²) in [5.74, 6) is -0.584. The van der Waals surface area contributed by atoms with Gasteiger partial charge in [0.1, 0.15) is 6.04 Å². The van der Waals surface area contributed by atoms with Crippen LogP contribution < -0.4 is 5.32 Å². The summed E-state index contributed by atoms with van der Waals surface area (Å²) in [7, 11) is 0. The van der Waals surface area contributed by atoms with Crippen LogP contribution in [-0.2, 0) is 9.59 Å². The number of carbonyl (C=O) groups excluding carboxylic acids is 1. The second-order valence-corrected chi connectivity index (χ2v) is 4.64. The van der Waals surface area contributed by atoms with Crippen LogP contribution >= 0.6 is 0 Å². The number of carbonyl (C=O) groups is 2. The normalized spacial score (nSPS) is 17.1. The van der Waals surface area contributed by atoms with Gasteiger partial charge in [-0.05, 0) is 18.8 Å². The molecule has 0 radical (unpaired) electrons. The van der Waals surface area contributed by atoms with Crippen molar-refractivity contribution in [3.63, 3.8) is 0 Å². The van der Waals surface area contributed by atoms with E-state index in [0.29, 0.717) is 12.3 Å². The fraction of sp³-hybridized carbons (Fsp3) is 0.818. The van der Waals surface area contributed by atoms with Gasteiger partial charge >= 0.3 is 5.97 Å². The Labute approximate surface area is 95.8 Å². The van der Waals surface area contributed by atoms with E-state index in [-0.39, 0.29) is 12.5 Å². The molecule has 1 aliphatic rings. The molecule has 0 aromatic carbocycles. The summed E-state index contributed by atoms with van der Waals surface area (Å²) in [5, 5.41) is 11.8. The number of carboxylic acids is 1. The van der Waals surface area contributed by atoms with Gasteiger partial charge in [0.05, 0.1) is 6.54 Å². The molecule has 1 saturated heterocycles. The van der Waals surface area contributed by atoms with Crippen molar-refractivity contribution in [1.29, 1.82) is 0 Å². The molecule has 0 aliphatic carbocycles. The first kappa shape index (κ1) is 13.0. The van der Waals surface area contributed by atoms with Crippen LogP contribution in [0.15, 0.2) is 0 Å². The third-order valence-corrected chi connectivity index (χ3v) is 2.71. The second kappa shape index (κ2) is 5.84. The van der Waals surface area contributed by atoms with Crippen molar-refractivity contribution in [1.82, 2.24) is 10.2 Å². The SMILES string of the molecule is CC(C)CC(NCC(=O)N1CCC1)C(=O)O. The predicted molar refractivity (Wildman–Crippen MR) is 60.1 cm³/mol. The highest BCUT2D eigenvalue weighted by molar-refractivity contribution is 5.80. The molecule has 1 rings (SSSR count). The number of nitrogens with zero attached hydrogens (tertiary/aromatic N) is 1. The minimum Gasteiger partial charge on any atom is -0.480 e. The number of aliphatic carboxylic acids is 1. The van der Waals surface area contributed by atoms with Crippen molar-refractivity contribution in [2.45, 2.75) is 32.7 Å². The summed E-state index contributed by atoms with van der Waals surface area (Å²) in [6, 6.07) is -0.620. The zero-order valence-electron chi connectivity index (χ0n) is 9.90. The van der Waals surface area contributed by atoms with Crippen molar-refractivity contribution in [2.75, 3.05) is 19.6 Å². The minimum atomic E-state index is -0.884. The van der Waals surface area contributed by atoms with E-state index in [1.807, 2.05) is 13.8 Å². The summed E-state index contributed by atoms with van der Waals surface area (Å²) >= 11 is 0. The number of hydrogen-bond acceptors (Lipinski definition) is 3. The average molecular weight is 228 g/mol. The third-order valence-electron chi connectivity index (χ3n) is 2.71. The van der Waals surface area contributed by atoms with Crippen LogP contribution in [0.2, 0.25) is 0 Å². The monoisotopic (exact) mass is 228 g/mol. The molecule has 1 aliphatic heterocycles. The van der Waals surface area contributed by atoms with Gasteiger partial charge in [-0.2, -0.15) is 0 Å². The molecular weight excluding hydrogens is 208 g/mol. The van der Waals surface area contributed by atoms with E-state index in [1.165, 1.54) is 0 Å². The zero-order chi connectivity index (χ0) is 12.1. The molecule has 0 saturated carbocycles. The molecule has 5 heteroatoms. The zero-order valence-corrected chi connectivity index (χ0v) is 9.90. The molecule has 1 fully saturated rings. The standard InChI is InChI=1S/C11H20N2O3/c1-8(2)6-9(11(15)16)12-7-10(14)13-4-3-5-13/h8-9,12H,3-7H2,1-2H3,(H,15,16). The van der Waals surface area contributed by atoms with Gasteiger partial charge in [-0.1, -0.05) is 13.8 Å². The Balaban J connectivity index is 2.31. The highest BCUT2D eigenvalue weighted by atomic mass is 16.4. The van der Waals surface area contributed by atoms with E-state index in [2.05, 4.69) is 5.32 Å². The van der Waals surface area contributed by atoms with Gasteiger partial charge in [0.15, 0.2) is 0 Å². The third kappa shape index (κ3) is 3.81. The van der Waals surface area contributed by atoms with E-state index >= 15 is 0 Å². The van der Waals surface area contributed by atoms with Crippen molar-refractivity contribution in [3.05, 3.63) is 0 Å². The van der Waals surface area contributed by atoms with Crippen molar-refractivity contribution < 1.29 is 14.7 Å². The number of rotatable bonds is 6. The van der Waals surface area contributed by atoms with Crippen molar-refractivity contribution in [3.8, 4) is 0 Å². The fourth-order valence-corrected chi connectivity index (χ4v) is 1.63. The summed E-state index contributed by atoms with van der Waals surface area (Å²) in [5.41, 5.74) is 0. The van der Waals surface area contributed by atoms with Gasteiger partial charge in [-0.25, -0.2) is 0 Å². The summed E-state index contributed by atoms with van der Waals surface area (Å²) in [4.78, 5) is 24.2. The highest BCUT2D eigenvalue weighted by Gasteiger charge is 2.23. The van der Waals surface area contributed by atoms with Crippen LogP contribution in [0.1, 0.15) is 26.7 Å². The van der Waals surface area contributed by atoms with Gasteiger partial charge < -0.3 is 10.0 Å². The second-order valence-electron chi connectivity index (χ2n) is 4.64. The van der Waals surface area contributed by atoms with Crippen LogP contribution in [0, 0.1) is 5.92 Å². The number of nitrogens with one attached hydrogen (secondary N) is 1. The van der Waals surface area contributed by atoms with Gasteiger partial charge in [0.2, 0.25) is 5.91 Å². The average Bonchev–Trinajstić information content (AvgIpc) is 2.08. The van der Waals surface area contributed by atoms with Gasteiger partial charge in [0.25, 0.3) is 0 Å². The maximum atomic E-state index is 11.5. The maximum absolute atomic E-state index is 11.5. The quantitative estimate of drug-likeness (QED) is 0.686. The minimum absolute atomic E-state index is 0.00116. The Bertz CT molecular complexity index is 262. The molecule has 5 nitrogen and oxygen atoms in total. The molecular formula is C11H20N2O3. The molecule has 0 aromatic rings. The smallest absolute Gasteiger partial charge is 0.320 e. The molecule has 1 amide bonds. The Kier molecular flexibility index (Phi) is 4.73. The maximum Gasteiger partial charge on any atom is 0.320 e. The van der Waals surface area contributed by atoms with E-state index in [0.717, 1.165) is 19.5 Å². The van der Waals surface area contributed by atoms with Crippen LogP contribution in [0.5, 0.6) is 0 Å². The first-order valence-electron chi connectivity index (χ1n) is 5.74. The molecule has 0 spiro atoms. The van der Waals surface area contributed by atoms with Crippen molar-refractivity contribution in [2.24, 2.45) is 5.92 Å². The summed E-state index contributed by atoms with van der Waals surface area (Å²) < 4.78 is 0. The van der Waals surface area contributed by atoms with Crippen molar-refractivity contribution >= 4 is 11.9 Å². The molecule has 16 heavy (non-hydrogen) atoms. The number of hydrogen-bond donors (Lipinski definition) is 2. The lowest BCUT2D eigenvalue weighted by atomic mass is 10.0. The Morgan fingerprint density at radius 1 is 1.38 bits per heavy atom. The van der Waals surface area contributed by atoms with Crippen LogP contribution in [0.3, 0.4) is 0 Å². The van der Waals surface area contributed by atoms with E-state index < -0.39 is 12.0 Å². The molecule has 2 N–H and O–H groups in total. The van der Waals surface area contributed by atoms with Crippen LogP contribution in [0.4, 0.5) is 0 Å². The van der Waals surface area contributed by atoms with Gasteiger partial charge in [-0.3, -0.25) is 14.9 Å². The summed E-state index contributed by atoms with van der Waals surface area (Å²) in [6.45, 7) is 5.68. The Hall–Kier alpha value is -1.10. The lowest BCUT2D eigenvalue weighted by Crippen LogP contribution is -2.49. The molecule has 1 heterocycles. The van der Waals surface area contributed by atoms with Crippen LogP contribution in [-0.4, -0.2) is 47.6 Å². The predicted octanol–water partition coefficient (Wildman–Crippen LogP) is 0.308. The highest BCUT2D eigenvalue weighted by Crippen LogP contribution is 2.07. The first-order chi connectivity index (χ1) is 7.50. The topological polar surface area (TPSA) is 69.6 Å². The van der Waals surface area contributed by atoms with Gasteiger partial charge in [-0.15, -0.1) is 0 Å². The largest absolute Gasteiger partial charge is 0.480 e. The van der Waals surface area contributed by atoms with E-state index in [4.69, 9.17) is 5.11 Å². The fourth-order valence-electron chi connectivity index (χ4n) is 1.63. The lowest BCUT2D eigenvalue weighted by Gasteiger charge is -2.31. The Morgan fingerprint density at radius 3 is 2.38 bits per heavy atom. The Morgan fingerprint density at radius 2 is 2.00 bits per heavy atom. The molecule has 1 atom stereocenters. The molecule has 0 aromatic heterocycles. The molecule has 92 valence electrons. The molecule has 1 unspecified atom stereocenters. The lowest BCUT2D eigenvalue weighted by molar-refractivity contribution is -0.140. The first-order valence-corrected chi connectivity index (χ1v) is 5.74. The van der Waals surface area contributed by atoms with E-state index in [1.54, 1.807) is 4.90 Å². The van der Waals surface area contributed by atoms with Gasteiger partial charge in [0, 0.05) is 13.1 Å². The van der Waals surface area contributed by atoms with Crippen LogP contribution in [0.25, 0.3) is 0 Å². The number of likely N-dealkylation sites (tertiary alicyclic amines) is 1. The number of amides is 1. The molecule has 0 bridgehead atoms. The number of carboxylic acid groups (broad SMARTS) is 1.